The largest absolute Gasteiger partial charge is 0.271 e. The molecule has 0 spiro atoms. The highest BCUT2D eigenvalue weighted by Gasteiger charge is 2.19. The van der Waals surface area contributed by atoms with Crippen LogP contribution in [0.3, 0.4) is 0 Å². The quantitative estimate of drug-likeness (QED) is 0.674. The van der Waals surface area contributed by atoms with Gasteiger partial charge in [-0.25, -0.2) is 14.2 Å². The number of halogens is 3. The first-order valence-electron chi connectivity index (χ1n) is 5.29. The van der Waals surface area contributed by atoms with Crippen LogP contribution in [0.2, 0.25) is 0 Å². The fraction of sp³-hybridized carbons (Fsp3) is 0.0769. The lowest BCUT2D eigenvalue weighted by molar-refractivity contribution is 0.531. The van der Waals surface area contributed by atoms with Crippen LogP contribution in [0, 0.1) is 11.6 Å². The van der Waals surface area contributed by atoms with E-state index < -0.39 is 17.7 Å². The lowest BCUT2D eigenvalue weighted by atomic mass is 9.98. The molecule has 0 heterocycles. The Bertz CT molecular complexity index is 560. The fourth-order valence-corrected chi connectivity index (χ4v) is 2.13. The number of hydrazine groups is 1. The number of nitrogens with one attached hydrogen (secondary N) is 1. The van der Waals surface area contributed by atoms with E-state index in [4.69, 9.17) is 5.84 Å². The molecule has 0 saturated heterocycles. The molecule has 2 nitrogen and oxygen atoms in total. The normalized spacial score (nSPS) is 12.4. The van der Waals surface area contributed by atoms with E-state index >= 15 is 0 Å². The molecule has 1 atom stereocenters. The van der Waals surface area contributed by atoms with Crippen molar-refractivity contribution in [2.24, 2.45) is 5.84 Å². The Morgan fingerprint density at radius 3 is 2.28 bits per heavy atom. The Balaban J connectivity index is 2.49. The van der Waals surface area contributed by atoms with Gasteiger partial charge in [0.2, 0.25) is 0 Å². The molecule has 0 radical (unpaired) electrons. The van der Waals surface area contributed by atoms with Gasteiger partial charge in [0.1, 0.15) is 11.6 Å². The molecule has 0 fully saturated rings. The van der Waals surface area contributed by atoms with Crippen molar-refractivity contribution >= 4 is 15.9 Å². The average molecular weight is 313 g/mol. The van der Waals surface area contributed by atoms with E-state index in [0.717, 1.165) is 0 Å². The van der Waals surface area contributed by atoms with Crippen molar-refractivity contribution in [3.05, 3.63) is 69.7 Å². The summed E-state index contributed by atoms with van der Waals surface area (Å²) >= 11 is 3.17. The van der Waals surface area contributed by atoms with Gasteiger partial charge in [-0.1, -0.05) is 40.2 Å². The molecule has 2 aromatic carbocycles. The predicted molar refractivity (Wildman–Crippen MR) is 69.7 cm³/mol. The summed E-state index contributed by atoms with van der Waals surface area (Å²) in [6, 6.07) is 9.99. The highest BCUT2D eigenvalue weighted by Crippen LogP contribution is 2.27. The van der Waals surface area contributed by atoms with Gasteiger partial charge in [-0.3, -0.25) is 5.84 Å². The van der Waals surface area contributed by atoms with Crippen molar-refractivity contribution in [2.75, 3.05) is 0 Å². The fourth-order valence-electron chi connectivity index (χ4n) is 1.79. The van der Waals surface area contributed by atoms with Gasteiger partial charge in [-0.15, -0.1) is 0 Å². The lowest BCUT2D eigenvalue weighted by Gasteiger charge is -2.18. The minimum Gasteiger partial charge on any atom is -0.271 e. The SMILES string of the molecule is NNC(c1ccccc1F)c1ccc(Br)cc1F. The van der Waals surface area contributed by atoms with Gasteiger partial charge in [-0.2, -0.15) is 0 Å². The third-order valence-electron chi connectivity index (χ3n) is 2.66. The molecule has 94 valence electrons. The maximum absolute atomic E-state index is 13.9. The van der Waals surface area contributed by atoms with Crippen LogP contribution in [0.1, 0.15) is 17.2 Å². The Labute approximate surface area is 112 Å². The third kappa shape index (κ3) is 2.58. The van der Waals surface area contributed by atoms with Crippen molar-refractivity contribution in [1.82, 2.24) is 5.43 Å². The summed E-state index contributed by atoms with van der Waals surface area (Å²) < 4.78 is 28.2. The Morgan fingerprint density at radius 2 is 1.67 bits per heavy atom. The van der Waals surface area contributed by atoms with Crippen LogP contribution in [0.25, 0.3) is 0 Å². The molecular formula is C13H11BrF2N2. The maximum atomic E-state index is 13.9. The van der Waals surface area contributed by atoms with Crippen LogP contribution in [0.4, 0.5) is 8.78 Å². The molecule has 0 aliphatic rings. The van der Waals surface area contributed by atoms with Gasteiger partial charge in [0.15, 0.2) is 0 Å². The summed E-state index contributed by atoms with van der Waals surface area (Å²) in [5.74, 6) is 4.54. The van der Waals surface area contributed by atoms with Crippen LogP contribution in [0.5, 0.6) is 0 Å². The summed E-state index contributed by atoms with van der Waals surface area (Å²) in [6.45, 7) is 0. The highest BCUT2D eigenvalue weighted by atomic mass is 79.9. The van der Waals surface area contributed by atoms with E-state index in [1.807, 2.05) is 0 Å². The van der Waals surface area contributed by atoms with Gasteiger partial charge in [0.05, 0.1) is 6.04 Å². The first-order valence-corrected chi connectivity index (χ1v) is 6.08. The number of hydrogen-bond acceptors (Lipinski definition) is 2. The van der Waals surface area contributed by atoms with Crippen molar-refractivity contribution < 1.29 is 8.78 Å². The van der Waals surface area contributed by atoms with Gasteiger partial charge in [0.25, 0.3) is 0 Å². The zero-order valence-electron chi connectivity index (χ0n) is 9.33. The maximum Gasteiger partial charge on any atom is 0.129 e. The Kier molecular flexibility index (Phi) is 4.06. The molecule has 1 unspecified atom stereocenters. The molecule has 5 heteroatoms. The standard InChI is InChI=1S/C13H11BrF2N2/c14-8-5-6-10(12(16)7-8)13(18-17)9-3-1-2-4-11(9)15/h1-7,13,18H,17H2. The molecule has 0 aromatic heterocycles. The van der Waals surface area contributed by atoms with E-state index in [9.17, 15) is 8.78 Å². The van der Waals surface area contributed by atoms with E-state index in [2.05, 4.69) is 21.4 Å². The summed E-state index contributed by atoms with van der Waals surface area (Å²) in [7, 11) is 0. The number of nitrogens with two attached hydrogens (primary N) is 1. The minimum atomic E-state index is -0.723. The first kappa shape index (κ1) is 13.1. The summed E-state index contributed by atoms with van der Waals surface area (Å²) in [6.07, 6.45) is 0. The van der Waals surface area contributed by atoms with E-state index in [0.29, 0.717) is 15.6 Å². The van der Waals surface area contributed by atoms with Crippen LogP contribution in [-0.2, 0) is 0 Å². The second-order valence-corrected chi connectivity index (χ2v) is 4.70. The molecule has 2 aromatic rings. The van der Waals surface area contributed by atoms with Crippen molar-refractivity contribution in [3.63, 3.8) is 0 Å². The van der Waals surface area contributed by atoms with Gasteiger partial charge < -0.3 is 0 Å². The molecule has 0 saturated carbocycles. The lowest BCUT2D eigenvalue weighted by Crippen LogP contribution is -2.30. The Hall–Kier alpha value is -1.30. The van der Waals surface area contributed by atoms with E-state index in [1.54, 1.807) is 30.3 Å². The number of hydrogen-bond donors (Lipinski definition) is 2. The van der Waals surface area contributed by atoms with Crippen LogP contribution in [0.15, 0.2) is 46.9 Å². The number of benzene rings is 2. The smallest absolute Gasteiger partial charge is 0.129 e. The Morgan fingerprint density at radius 1 is 1.00 bits per heavy atom. The summed E-state index contributed by atoms with van der Waals surface area (Å²) in [5, 5.41) is 0. The van der Waals surface area contributed by atoms with Crippen molar-refractivity contribution in [1.29, 1.82) is 0 Å². The zero-order valence-corrected chi connectivity index (χ0v) is 10.9. The average Bonchev–Trinajstić information content (AvgIpc) is 2.34. The monoisotopic (exact) mass is 312 g/mol. The second kappa shape index (κ2) is 5.56. The van der Waals surface area contributed by atoms with Crippen LogP contribution < -0.4 is 11.3 Å². The van der Waals surface area contributed by atoms with E-state index in [-0.39, 0.29) is 0 Å². The summed E-state index contributed by atoms with van der Waals surface area (Å²) in [5.41, 5.74) is 3.04. The third-order valence-corrected chi connectivity index (χ3v) is 3.15. The van der Waals surface area contributed by atoms with Crippen LogP contribution >= 0.6 is 15.9 Å². The predicted octanol–water partition coefficient (Wildman–Crippen LogP) is 3.28. The molecule has 0 amide bonds. The topological polar surface area (TPSA) is 38.0 Å². The van der Waals surface area contributed by atoms with E-state index in [1.165, 1.54) is 12.1 Å². The summed E-state index contributed by atoms with van der Waals surface area (Å²) in [4.78, 5) is 0. The van der Waals surface area contributed by atoms with Gasteiger partial charge in [0, 0.05) is 15.6 Å². The molecule has 2 rings (SSSR count). The molecule has 0 aliphatic carbocycles. The molecule has 3 N–H and O–H groups in total. The highest BCUT2D eigenvalue weighted by molar-refractivity contribution is 9.10. The second-order valence-electron chi connectivity index (χ2n) is 3.79. The zero-order chi connectivity index (χ0) is 13.1. The van der Waals surface area contributed by atoms with Gasteiger partial charge >= 0.3 is 0 Å². The first-order chi connectivity index (χ1) is 8.63. The molecule has 0 aliphatic heterocycles. The van der Waals surface area contributed by atoms with Crippen molar-refractivity contribution in [2.45, 2.75) is 6.04 Å². The number of rotatable bonds is 3. The molecule has 0 bridgehead atoms. The van der Waals surface area contributed by atoms with Gasteiger partial charge in [-0.05, 0) is 18.2 Å². The minimum absolute atomic E-state index is 0.297. The van der Waals surface area contributed by atoms with Crippen LogP contribution in [-0.4, -0.2) is 0 Å². The molecule has 18 heavy (non-hydrogen) atoms. The molecular weight excluding hydrogens is 302 g/mol. The van der Waals surface area contributed by atoms with Crippen molar-refractivity contribution in [3.8, 4) is 0 Å².